The molecule has 1 rings (SSSR count). The monoisotopic (exact) mass is 256 g/mol. The van der Waals surface area contributed by atoms with Crippen LogP contribution < -0.4 is 10.6 Å². The molecule has 0 radical (unpaired) electrons. The molecule has 1 saturated heterocycles. The first-order chi connectivity index (χ1) is 8.60. The molecular weight excluding hydrogens is 228 g/mol. The van der Waals surface area contributed by atoms with Crippen molar-refractivity contribution in [1.29, 1.82) is 0 Å². The van der Waals surface area contributed by atoms with Crippen molar-refractivity contribution in [2.24, 2.45) is 5.92 Å². The van der Waals surface area contributed by atoms with Gasteiger partial charge < -0.3 is 15.4 Å². The van der Waals surface area contributed by atoms with Crippen molar-refractivity contribution in [3.05, 3.63) is 0 Å². The normalized spacial score (nSPS) is 23.6. The second-order valence-electron chi connectivity index (χ2n) is 5.54. The summed E-state index contributed by atoms with van der Waals surface area (Å²) in [6, 6.07) is 0. The fraction of sp³-hybridized carbons (Fsp3) is 0.929. The molecule has 4 heteroatoms. The molecule has 2 N–H and O–H groups in total. The zero-order chi connectivity index (χ0) is 13.4. The highest BCUT2D eigenvalue weighted by Crippen LogP contribution is 2.22. The van der Waals surface area contributed by atoms with E-state index >= 15 is 0 Å². The maximum absolute atomic E-state index is 12.1. The minimum atomic E-state index is -0.307. The molecule has 106 valence electrons. The Balaban J connectivity index is 2.13. The molecule has 0 aromatic heterocycles. The minimum Gasteiger partial charge on any atom is -0.381 e. The standard InChI is InChI=1S/C14H28N2O2/c1-4-14(7-5-9-16-14)13(17)15-8-6-10-18-11-12(2)3/h12,16H,4-11H2,1-3H3,(H,15,17). The van der Waals surface area contributed by atoms with E-state index in [-0.39, 0.29) is 11.4 Å². The Labute approximate surface area is 111 Å². The molecule has 0 spiro atoms. The summed E-state index contributed by atoms with van der Waals surface area (Å²) in [4.78, 5) is 12.1. The Hall–Kier alpha value is -0.610. The zero-order valence-corrected chi connectivity index (χ0v) is 12.1. The van der Waals surface area contributed by atoms with E-state index in [1.165, 1.54) is 0 Å². The van der Waals surface area contributed by atoms with Gasteiger partial charge in [0, 0.05) is 19.8 Å². The van der Waals surface area contributed by atoms with Crippen molar-refractivity contribution in [2.75, 3.05) is 26.3 Å². The third-order valence-electron chi connectivity index (χ3n) is 3.48. The fourth-order valence-corrected chi connectivity index (χ4v) is 2.33. The van der Waals surface area contributed by atoms with Crippen molar-refractivity contribution in [3.8, 4) is 0 Å². The van der Waals surface area contributed by atoms with Gasteiger partial charge >= 0.3 is 0 Å². The lowest BCUT2D eigenvalue weighted by Gasteiger charge is -2.26. The Morgan fingerprint density at radius 3 is 2.83 bits per heavy atom. The first-order valence-electron chi connectivity index (χ1n) is 7.22. The second kappa shape index (κ2) is 7.74. The molecule has 1 fully saturated rings. The quantitative estimate of drug-likeness (QED) is 0.650. The number of hydrogen-bond acceptors (Lipinski definition) is 3. The number of carbonyl (C=O) groups excluding carboxylic acids is 1. The molecular formula is C14H28N2O2. The maximum Gasteiger partial charge on any atom is 0.240 e. The highest BCUT2D eigenvalue weighted by molar-refractivity contribution is 5.86. The Morgan fingerprint density at radius 2 is 2.28 bits per heavy atom. The van der Waals surface area contributed by atoms with Crippen LogP contribution in [0.1, 0.15) is 46.5 Å². The van der Waals surface area contributed by atoms with Gasteiger partial charge in [-0.15, -0.1) is 0 Å². The largest absolute Gasteiger partial charge is 0.381 e. The Morgan fingerprint density at radius 1 is 1.50 bits per heavy atom. The summed E-state index contributed by atoms with van der Waals surface area (Å²) in [5.74, 6) is 0.733. The summed E-state index contributed by atoms with van der Waals surface area (Å²) in [5.41, 5.74) is -0.307. The molecule has 0 saturated carbocycles. The van der Waals surface area contributed by atoms with Crippen LogP contribution in [0.25, 0.3) is 0 Å². The molecule has 1 atom stereocenters. The number of nitrogens with one attached hydrogen (secondary N) is 2. The third-order valence-corrected chi connectivity index (χ3v) is 3.48. The third kappa shape index (κ3) is 4.58. The minimum absolute atomic E-state index is 0.159. The van der Waals surface area contributed by atoms with Crippen molar-refractivity contribution >= 4 is 5.91 Å². The lowest BCUT2D eigenvalue weighted by molar-refractivity contribution is -0.127. The molecule has 1 unspecified atom stereocenters. The topological polar surface area (TPSA) is 50.4 Å². The van der Waals surface area contributed by atoms with Crippen LogP contribution in [-0.4, -0.2) is 37.7 Å². The van der Waals surface area contributed by atoms with Gasteiger partial charge in [-0.2, -0.15) is 0 Å². The van der Waals surface area contributed by atoms with Crippen molar-refractivity contribution in [3.63, 3.8) is 0 Å². The van der Waals surface area contributed by atoms with Gasteiger partial charge in [-0.3, -0.25) is 4.79 Å². The summed E-state index contributed by atoms with van der Waals surface area (Å²) in [6.45, 7) is 9.54. The number of ether oxygens (including phenoxy) is 1. The van der Waals surface area contributed by atoms with E-state index in [2.05, 4.69) is 31.4 Å². The number of hydrogen-bond donors (Lipinski definition) is 2. The average molecular weight is 256 g/mol. The predicted octanol–water partition coefficient (Wildman–Crippen LogP) is 1.70. The lowest BCUT2D eigenvalue weighted by atomic mass is 9.93. The van der Waals surface area contributed by atoms with E-state index in [1.807, 2.05) is 0 Å². The van der Waals surface area contributed by atoms with E-state index in [1.54, 1.807) is 0 Å². The van der Waals surface area contributed by atoms with E-state index in [4.69, 9.17) is 4.74 Å². The van der Waals surface area contributed by atoms with Crippen LogP contribution in [0.15, 0.2) is 0 Å². The molecule has 1 heterocycles. The molecule has 4 nitrogen and oxygen atoms in total. The molecule has 0 aliphatic carbocycles. The smallest absolute Gasteiger partial charge is 0.240 e. The first kappa shape index (κ1) is 15.4. The van der Waals surface area contributed by atoms with Crippen LogP contribution in [0.2, 0.25) is 0 Å². The number of carbonyl (C=O) groups is 1. The van der Waals surface area contributed by atoms with Crippen LogP contribution >= 0.6 is 0 Å². The van der Waals surface area contributed by atoms with E-state index in [0.29, 0.717) is 12.5 Å². The van der Waals surface area contributed by atoms with Crippen LogP contribution in [0.4, 0.5) is 0 Å². The summed E-state index contributed by atoms with van der Waals surface area (Å²) >= 11 is 0. The lowest BCUT2D eigenvalue weighted by Crippen LogP contribution is -2.53. The maximum atomic E-state index is 12.1. The average Bonchev–Trinajstić information content (AvgIpc) is 2.83. The van der Waals surface area contributed by atoms with Gasteiger partial charge in [0.1, 0.15) is 0 Å². The summed E-state index contributed by atoms with van der Waals surface area (Å²) in [6.07, 6.45) is 3.80. The van der Waals surface area contributed by atoms with Gasteiger partial charge in [-0.05, 0) is 38.1 Å². The molecule has 0 aromatic carbocycles. The van der Waals surface area contributed by atoms with Gasteiger partial charge in [0.05, 0.1) is 5.54 Å². The Bertz CT molecular complexity index is 248. The van der Waals surface area contributed by atoms with Crippen molar-refractivity contribution < 1.29 is 9.53 Å². The van der Waals surface area contributed by atoms with Crippen LogP contribution in [0.5, 0.6) is 0 Å². The van der Waals surface area contributed by atoms with Crippen LogP contribution in [0.3, 0.4) is 0 Å². The van der Waals surface area contributed by atoms with Gasteiger partial charge in [0.25, 0.3) is 0 Å². The number of amides is 1. The fourth-order valence-electron chi connectivity index (χ4n) is 2.33. The first-order valence-corrected chi connectivity index (χ1v) is 7.22. The zero-order valence-electron chi connectivity index (χ0n) is 12.1. The molecule has 18 heavy (non-hydrogen) atoms. The van der Waals surface area contributed by atoms with Gasteiger partial charge in [0.2, 0.25) is 5.91 Å². The van der Waals surface area contributed by atoms with Gasteiger partial charge in [-0.1, -0.05) is 20.8 Å². The molecule has 0 bridgehead atoms. The van der Waals surface area contributed by atoms with Gasteiger partial charge in [-0.25, -0.2) is 0 Å². The van der Waals surface area contributed by atoms with Crippen molar-refractivity contribution in [1.82, 2.24) is 10.6 Å². The number of rotatable bonds is 8. The highest BCUT2D eigenvalue weighted by Gasteiger charge is 2.38. The highest BCUT2D eigenvalue weighted by atomic mass is 16.5. The summed E-state index contributed by atoms with van der Waals surface area (Å²) < 4.78 is 5.49. The summed E-state index contributed by atoms with van der Waals surface area (Å²) in [5, 5.41) is 6.37. The van der Waals surface area contributed by atoms with E-state index in [9.17, 15) is 4.79 Å². The van der Waals surface area contributed by atoms with Crippen molar-refractivity contribution in [2.45, 2.75) is 52.0 Å². The molecule has 1 aliphatic heterocycles. The van der Waals surface area contributed by atoms with Crippen LogP contribution in [-0.2, 0) is 9.53 Å². The van der Waals surface area contributed by atoms with Gasteiger partial charge in [0.15, 0.2) is 0 Å². The van der Waals surface area contributed by atoms with Crippen LogP contribution in [0, 0.1) is 5.92 Å². The summed E-state index contributed by atoms with van der Waals surface area (Å²) in [7, 11) is 0. The molecule has 0 aromatic rings. The molecule has 1 amide bonds. The van der Waals surface area contributed by atoms with E-state index < -0.39 is 0 Å². The predicted molar refractivity (Wildman–Crippen MR) is 73.5 cm³/mol. The molecule has 1 aliphatic rings. The second-order valence-corrected chi connectivity index (χ2v) is 5.54. The SMILES string of the molecule is CCC1(C(=O)NCCCOCC(C)C)CCCN1. The van der Waals surface area contributed by atoms with E-state index in [0.717, 1.165) is 45.4 Å². The Kier molecular flexibility index (Phi) is 6.65.